The monoisotopic (exact) mass is 150 g/mol. The fraction of sp³-hybridized carbons (Fsp3) is 1.00. The first-order valence-electron chi connectivity index (χ1n) is 3.34. The molecular formula is C6H12F2N2. The second-order valence-corrected chi connectivity index (χ2v) is 2.89. The summed E-state index contributed by atoms with van der Waals surface area (Å²) in [5.41, 5.74) is 5.20. The zero-order valence-corrected chi connectivity index (χ0v) is 5.98. The quantitative estimate of drug-likeness (QED) is 0.537. The molecule has 0 unspecified atom stereocenters. The molecule has 0 aromatic heterocycles. The molecule has 0 radical (unpaired) electrons. The van der Waals surface area contributed by atoms with Gasteiger partial charge in [-0.1, -0.05) is 0 Å². The maximum atomic E-state index is 12.7. The third-order valence-corrected chi connectivity index (χ3v) is 1.85. The van der Waals surface area contributed by atoms with Crippen LogP contribution >= 0.6 is 0 Å². The van der Waals surface area contributed by atoms with Gasteiger partial charge in [-0.2, -0.15) is 0 Å². The number of hydrogen-bond acceptors (Lipinski definition) is 2. The first-order valence-corrected chi connectivity index (χ1v) is 3.34. The minimum Gasteiger partial charge on any atom is -0.323 e. The normalized spacial score (nSPS) is 34.2. The molecular weight excluding hydrogens is 138 g/mol. The number of nitrogens with zero attached hydrogens (tertiary/aromatic N) is 1. The first kappa shape index (κ1) is 7.88. The van der Waals surface area contributed by atoms with Crippen molar-refractivity contribution < 1.29 is 8.78 Å². The summed E-state index contributed by atoms with van der Waals surface area (Å²) in [5, 5.41) is 0. The highest BCUT2D eigenvalue weighted by atomic mass is 19.3. The fourth-order valence-corrected chi connectivity index (χ4v) is 1.13. The fourth-order valence-electron chi connectivity index (χ4n) is 1.13. The maximum absolute atomic E-state index is 12.7. The lowest BCUT2D eigenvalue weighted by Crippen LogP contribution is -2.54. The third kappa shape index (κ3) is 1.44. The Kier molecular flexibility index (Phi) is 1.92. The molecule has 0 saturated carbocycles. The van der Waals surface area contributed by atoms with Crippen LogP contribution in [0.4, 0.5) is 8.78 Å². The van der Waals surface area contributed by atoms with E-state index in [0.29, 0.717) is 13.0 Å². The number of hydrogen-bond donors (Lipinski definition) is 1. The van der Waals surface area contributed by atoms with Gasteiger partial charge < -0.3 is 10.6 Å². The highest BCUT2D eigenvalue weighted by Crippen LogP contribution is 2.24. The Morgan fingerprint density at radius 2 is 2.20 bits per heavy atom. The lowest BCUT2D eigenvalue weighted by atomic mass is 10.0. The van der Waals surface area contributed by atoms with Crippen LogP contribution in [0.15, 0.2) is 0 Å². The summed E-state index contributed by atoms with van der Waals surface area (Å²) < 4.78 is 25.4. The molecule has 10 heavy (non-hydrogen) atoms. The van der Waals surface area contributed by atoms with E-state index in [1.54, 1.807) is 11.9 Å². The molecule has 0 bridgehead atoms. The second kappa shape index (κ2) is 2.43. The molecule has 1 atom stereocenters. The summed E-state index contributed by atoms with van der Waals surface area (Å²) in [7, 11) is 1.68. The van der Waals surface area contributed by atoms with Crippen LogP contribution < -0.4 is 5.73 Å². The predicted molar refractivity (Wildman–Crippen MR) is 35.0 cm³/mol. The van der Waals surface area contributed by atoms with Crippen molar-refractivity contribution in [3.05, 3.63) is 0 Å². The largest absolute Gasteiger partial charge is 0.323 e. The Morgan fingerprint density at radius 3 is 2.60 bits per heavy atom. The highest BCUT2D eigenvalue weighted by Gasteiger charge is 2.40. The molecule has 0 aliphatic carbocycles. The Balaban J connectivity index is 2.55. The van der Waals surface area contributed by atoms with Crippen molar-refractivity contribution >= 4 is 0 Å². The minimum absolute atomic E-state index is 0.200. The van der Waals surface area contributed by atoms with Crippen LogP contribution in [0.3, 0.4) is 0 Å². The molecule has 0 spiro atoms. The maximum Gasteiger partial charge on any atom is 0.275 e. The summed E-state index contributed by atoms with van der Waals surface area (Å²) in [6, 6.07) is -0.941. The second-order valence-electron chi connectivity index (χ2n) is 2.89. The average Bonchev–Trinajstić information content (AvgIpc) is 1.78. The van der Waals surface area contributed by atoms with E-state index in [1.165, 1.54) is 0 Å². The zero-order chi connectivity index (χ0) is 7.78. The van der Waals surface area contributed by atoms with Gasteiger partial charge >= 0.3 is 0 Å². The molecule has 1 saturated heterocycles. The third-order valence-electron chi connectivity index (χ3n) is 1.85. The smallest absolute Gasteiger partial charge is 0.275 e. The number of rotatable bonds is 0. The van der Waals surface area contributed by atoms with Crippen molar-refractivity contribution in [2.24, 2.45) is 5.73 Å². The zero-order valence-electron chi connectivity index (χ0n) is 5.98. The van der Waals surface area contributed by atoms with Crippen molar-refractivity contribution in [1.29, 1.82) is 0 Å². The average molecular weight is 150 g/mol. The Morgan fingerprint density at radius 1 is 1.60 bits per heavy atom. The van der Waals surface area contributed by atoms with Gasteiger partial charge in [-0.15, -0.1) is 0 Å². The van der Waals surface area contributed by atoms with Gasteiger partial charge in [-0.05, 0) is 20.0 Å². The minimum atomic E-state index is -2.69. The molecule has 2 N–H and O–H groups in total. The summed E-state index contributed by atoms with van der Waals surface area (Å²) in [6.07, 6.45) is 0.392. The predicted octanol–water partition coefficient (Wildman–Crippen LogP) is 0.285. The molecule has 1 aliphatic rings. The molecule has 0 aromatic carbocycles. The summed E-state index contributed by atoms with van der Waals surface area (Å²) in [4.78, 5) is 1.60. The van der Waals surface area contributed by atoms with Gasteiger partial charge in [0.15, 0.2) is 0 Å². The summed E-state index contributed by atoms with van der Waals surface area (Å²) >= 11 is 0. The number of likely N-dealkylation sites (tertiary alicyclic amines) is 1. The van der Waals surface area contributed by atoms with Gasteiger partial charge in [-0.3, -0.25) is 0 Å². The van der Waals surface area contributed by atoms with Crippen molar-refractivity contribution in [3.63, 3.8) is 0 Å². The van der Waals surface area contributed by atoms with E-state index in [2.05, 4.69) is 0 Å². The molecule has 1 heterocycles. The molecule has 0 amide bonds. The van der Waals surface area contributed by atoms with E-state index < -0.39 is 12.0 Å². The van der Waals surface area contributed by atoms with Crippen molar-refractivity contribution in [2.45, 2.75) is 18.4 Å². The van der Waals surface area contributed by atoms with Gasteiger partial charge in [0.05, 0.1) is 12.6 Å². The van der Waals surface area contributed by atoms with Crippen LogP contribution in [0.2, 0.25) is 0 Å². The van der Waals surface area contributed by atoms with Gasteiger partial charge in [0.2, 0.25) is 0 Å². The van der Waals surface area contributed by atoms with Crippen LogP contribution in [-0.4, -0.2) is 37.0 Å². The van der Waals surface area contributed by atoms with Gasteiger partial charge in [0.1, 0.15) is 0 Å². The van der Waals surface area contributed by atoms with E-state index in [-0.39, 0.29) is 6.54 Å². The summed E-state index contributed by atoms with van der Waals surface area (Å²) in [5.74, 6) is -2.69. The topological polar surface area (TPSA) is 29.3 Å². The van der Waals surface area contributed by atoms with E-state index in [0.717, 1.165) is 0 Å². The SMILES string of the molecule is CN1CC[C@H](N)C(F)(F)C1. The Bertz CT molecular complexity index is 127. The molecule has 2 nitrogen and oxygen atoms in total. The molecule has 0 aromatic rings. The number of piperidine rings is 1. The standard InChI is InChI=1S/C6H12F2N2/c1-10-3-2-5(9)6(7,8)4-10/h5H,2-4,9H2,1H3/t5-/m0/s1. The summed E-state index contributed by atoms with van der Waals surface area (Å²) in [6.45, 7) is 0.477. The lowest BCUT2D eigenvalue weighted by Gasteiger charge is -2.34. The van der Waals surface area contributed by atoms with E-state index in [9.17, 15) is 8.78 Å². The van der Waals surface area contributed by atoms with Crippen LogP contribution in [0.1, 0.15) is 6.42 Å². The highest BCUT2D eigenvalue weighted by molar-refractivity contribution is 4.87. The van der Waals surface area contributed by atoms with Crippen LogP contribution in [0.25, 0.3) is 0 Å². The van der Waals surface area contributed by atoms with Crippen molar-refractivity contribution in [1.82, 2.24) is 4.90 Å². The van der Waals surface area contributed by atoms with Crippen molar-refractivity contribution in [2.75, 3.05) is 20.1 Å². The number of alkyl halides is 2. The Labute approximate surface area is 59.0 Å². The lowest BCUT2D eigenvalue weighted by molar-refractivity contribution is -0.0733. The molecule has 1 fully saturated rings. The molecule has 1 rings (SSSR count). The van der Waals surface area contributed by atoms with Crippen LogP contribution in [0, 0.1) is 0 Å². The van der Waals surface area contributed by atoms with Crippen LogP contribution in [0.5, 0.6) is 0 Å². The number of nitrogens with two attached hydrogens (primary N) is 1. The first-order chi connectivity index (χ1) is 4.52. The Hall–Kier alpha value is -0.220. The van der Waals surface area contributed by atoms with E-state index in [1.807, 2.05) is 0 Å². The van der Waals surface area contributed by atoms with Gasteiger partial charge in [-0.25, -0.2) is 8.78 Å². The van der Waals surface area contributed by atoms with Gasteiger partial charge in [0, 0.05) is 0 Å². The number of halogens is 2. The van der Waals surface area contributed by atoms with E-state index >= 15 is 0 Å². The van der Waals surface area contributed by atoms with Crippen molar-refractivity contribution in [3.8, 4) is 0 Å². The molecule has 4 heteroatoms. The van der Waals surface area contributed by atoms with Crippen LogP contribution in [-0.2, 0) is 0 Å². The van der Waals surface area contributed by atoms with Gasteiger partial charge in [0.25, 0.3) is 5.92 Å². The van der Waals surface area contributed by atoms with E-state index in [4.69, 9.17) is 5.73 Å². The molecule has 1 aliphatic heterocycles. The molecule has 60 valence electrons.